The van der Waals surface area contributed by atoms with Gasteiger partial charge in [-0.25, -0.2) is 0 Å². The van der Waals surface area contributed by atoms with E-state index < -0.39 is 0 Å². The second kappa shape index (κ2) is 4.94. The lowest BCUT2D eigenvalue weighted by molar-refractivity contribution is 0.101. The summed E-state index contributed by atoms with van der Waals surface area (Å²) >= 11 is 6.13. The Bertz CT molecular complexity index is 623. The standard InChI is InChI=1S/C14H14ClNO2/c1-3-4-9-13-11(12(15)5-6-16-13)7-10(8(2)17)14(9)18/h5-7,18H,3-4H2,1-2H3. The topological polar surface area (TPSA) is 50.2 Å². The summed E-state index contributed by atoms with van der Waals surface area (Å²) < 4.78 is 0. The van der Waals surface area contributed by atoms with Crippen LogP contribution >= 0.6 is 11.6 Å². The maximum atomic E-state index is 11.6. The summed E-state index contributed by atoms with van der Waals surface area (Å²) in [4.78, 5) is 15.8. The Morgan fingerprint density at radius 1 is 1.50 bits per heavy atom. The average Bonchev–Trinajstić information content (AvgIpc) is 2.32. The number of aromatic hydroxyl groups is 1. The summed E-state index contributed by atoms with van der Waals surface area (Å²) in [5.41, 5.74) is 1.68. The Kier molecular flexibility index (Phi) is 3.53. The molecular formula is C14H14ClNO2. The van der Waals surface area contributed by atoms with E-state index in [1.807, 2.05) is 6.92 Å². The number of fused-ring (bicyclic) bond motifs is 1. The van der Waals surface area contributed by atoms with E-state index in [2.05, 4.69) is 4.98 Å². The molecule has 0 amide bonds. The van der Waals surface area contributed by atoms with Gasteiger partial charge in [0, 0.05) is 17.1 Å². The van der Waals surface area contributed by atoms with Crippen LogP contribution in [0.2, 0.25) is 5.02 Å². The Morgan fingerprint density at radius 2 is 2.22 bits per heavy atom. The van der Waals surface area contributed by atoms with E-state index in [1.54, 1.807) is 18.3 Å². The van der Waals surface area contributed by atoms with Crippen LogP contribution in [0.1, 0.15) is 36.2 Å². The summed E-state index contributed by atoms with van der Waals surface area (Å²) in [6.07, 6.45) is 3.13. The minimum absolute atomic E-state index is 0.0339. The van der Waals surface area contributed by atoms with Crippen LogP contribution in [0.25, 0.3) is 10.9 Å². The van der Waals surface area contributed by atoms with Crippen LogP contribution in [0.3, 0.4) is 0 Å². The maximum Gasteiger partial charge on any atom is 0.163 e. The van der Waals surface area contributed by atoms with Crippen molar-refractivity contribution in [3.63, 3.8) is 0 Å². The molecule has 2 aromatic rings. The highest BCUT2D eigenvalue weighted by atomic mass is 35.5. The zero-order valence-corrected chi connectivity index (χ0v) is 11.1. The fourth-order valence-corrected chi connectivity index (χ4v) is 2.27. The fraction of sp³-hybridized carbons (Fsp3) is 0.286. The first-order valence-electron chi connectivity index (χ1n) is 5.86. The first-order valence-corrected chi connectivity index (χ1v) is 6.24. The average molecular weight is 264 g/mol. The zero-order valence-electron chi connectivity index (χ0n) is 10.3. The molecule has 2 rings (SSSR count). The van der Waals surface area contributed by atoms with Crippen LogP contribution in [-0.4, -0.2) is 15.9 Å². The number of phenols is 1. The molecule has 3 nitrogen and oxygen atoms in total. The molecule has 0 bridgehead atoms. The van der Waals surface area contributed by atoms with Gasteiger partial charge in [-0.3, -0.25) is 9.78 Å². The first kappa shape index (κ1) is 12.8. The molecule has 0 saturated heterocycles. The van der Waals surface area contributed by atoms with Gasteiger partial charge >= 0.3 is 0 Å². The molecule has 0 spiro atoms. The number of rotatable bonds is 3. The lowest BCUT2D eigenvalue weighted by Crippen LogP contribution is -1.99. The third kappa shape index (κ3) is 2.06. The minimum Gasteiger partial charge on any atom is -0.507 e. The Hall–Kier alpha value is -1.61. The molecular weight excluding hydrogens is 250 g/mol. The molecule has 0 fully saturated rings. The van der Waals surface area contributed by atoms with E-state index in [0.29, 0.717) is 33.5 Å². The SMILES string of the molecule is CCCc1c(O)c(C(C)=O)cc2c(Cl)ccnc12. The number of ketones is 1. The molecule has 0 radical (unpaired) electrons. The van der Waals surface area contributed by atoms with Gasteiger partial charge in [-0.15, -0.1) is 0 Å². The molecule has 0 atom stereocenters. The summed E-state index contributed by atoms with van der Waals surface area (Å²) in [6.45, 7) is 3.44. The van der Waals surface area contributed by atoms with Gasteiger partial charge in [0.2, 0.25) is 0 Å². The summed E-state index contributed by atoms with van der Waals surface area (Å²) in [6, 6.07) is 3.29. The number of pyridine rings is 1. The quantitative estimate of drug-likeness (QED) is 0.858. The van der Waals surface area contributed by atoms with Gasteiger partial charge in [0.15, 0.2) is 5.78 Å². The summed E-state index contributed by atoms with van der Waals surface area (Å²) in [7, 11) is 0. The van der Waals surface area contributed by atoms with Crippen molar-refractivity contribution in [1.29, 1.82) is 0 Å². The first-order chi connectivity index (χ1) is 8.56. The van der Waals surface area contributed by atoms with Crippen LogP contribution in [0.5, 0.6) is 5.75 Å². The van der Waals surface area contributed by atoms with Crippen molar-refractivity contribution >= 4 is 28.3 Å². The number of hydrogen-bond donors (Lipinski definition) is 1. The highest BCUT2D eigenvalue weighted by Gasteiger charge is 2.17. The van der Waals surface area contributed by atoms with Crippen molar-refractivity contribution in [3.8, 4) is 5.75 Å². The predicted molar refractivity (Wildman–Crippen MR) is 72.4 cm³/mol. The fourth-order valence-electron chi connectivity index (χ4n) is 2.07. The molecule has 0 aliphatic rings. The molecule has 1 N–H and O–H groups in total. The van der Waals surface area contributed by atoms with Gasteiger partial charge < -0.3 is 5.11 Å². The number of Topliss-reactive ketones (excluding diaryl/α,β-unsaturated/α-hetero) is 1. The largest absolute Gasteiger partial charge is 0.507 e. The number of aryl methyl sites for hydroxylation is 1. The van der Waals surface area contributed by atoms with E-state index in [0.717, 1.165) is 6.42 Å². The molecule has 0 aliphatic carbocycles. The lowest BCUT2D eigenvalue weighted by Gasteiger charge is -2.11. The van der Waals surface area contributed by atoms with Crippen molar-refractivity contribution in [2.75, 3.05) is 0 Å². The normalized spacial score (nSPS) is 10.8. The van der Waals surface area contributed by atoms with Crippen LogP contribution in [0, 0.1) is 0 Å². The lowest BCUT2D eigenvalue weighted by atomic mass is 9.98. The summed E-state index contributed by atoms with van der Waals surface area (Å²) in [5, 5.41) is 11.4. The minimum atomic E-state index is -0.174. The van der Waals surface area contributed by atoms with Crippen molar-refractivity contribution in [1.82, 2.24) is 4.98 Å². The highest BCUT2D eigenvalue weighted by Crippen LogP contribution is 2.34. The van der Waals surface area contributed by atoms with Crippen LogP contribution < -0.4 is 0 Å². The zero-order chi connectivity index (χ0) is 13.3. The number of carbonyl (C=O) groups is 1. The number of nitrogens with zero attached hydrogens (tertiary/aromatic N) is 1. The van der Waals surface area contributed by atoms with Gasteiger partial charge in [-0.1, -0.05) is 24.9 Å². The number of carbonyl (C=O) groups excluding carboxylic acids is 1. The van der Waals surface area contributed by atoms with Crippen LogP contribution in [0.15, 0.2) is 18.3 Å². The van der Waals surface area contributed by atoms with Crippen molar-refractivity contribution in [2.45, 2.75) is 26.7 Å². The number of benzene rings is 1. The summed E-state index contributed by atoms with van der Waals surface area (Å²) in [5.74, 6) is -0.140. The third-order valence-corrected chi connectivity index (χ3v) is 3.26. The van der Waals surface area contributed by atoms with Gasteiger partial charge in [0.05, 0.1) is 16.1 Å². The van der Waals surface area contributed by atoms with E-state index in [9.17, 15) is 9.90 Å². The Balaban J connectivity index is 2.87. The molecule has 18 heavy (non-hydrogen) atoms. The predicted octanol–water partition coefficient (Wildman–Crippen LogP) is 3.75. The van der Waals surface area contributed by atoms with E-state index in [1.165, 1.54) is 6.92 Å². The van der Waals surface area contributed by atoms with Gasteiger partial charge in [0.1, 0.15) is 5.75 Å². The number of phenolic OH excluding ortho intramolecular Hbond substituents is 1. The monoisotopic (exact) mass is 263 g/mol. The molecule has 0 aliphatic heterocycles. The molecule has 1 heterocycles. The second-order valence-electron chi connectivity index (χ2n) is 4.25. The van der Waals surface area contributed by atoms with Crippen LogP contribution in [-0.2, 0) is 6.42 Å². The van der Waals surface area contributed by atoms with Crippen molar-refractivity contribution in [3.05, 3.63) is 34.5 Å². The number of halogens is 1. The van der Waals surface area contributed by atoms with Crippen molar-refractivity contribution in [2.24, 2.45) is 0 Å². The van der Waals surface area contributed by atoms with Crippen LogP contribution in [0.4, 0.5) is 0 Å². The van der Waals surface area contributed by atoms with E-state index >= 15 is 0 Å². The van der Waals surface area contributed by atoms with Gasteiger partial charge in [-0.2, -0.15) is 0 Å². The van der Waals surface area contributed by atoms with E-state index in [4.69, 9.17) is 11.6 Å². The molecule has 94 valence electrons. The second-order valence-corrected chi connectivity index (χ2v) is 4.65. The molecule has 1 aromatic carbocycles. The van der Waals surface area contributed by atoms with Gasteiger partial charge in [0.25, 0.3) is 0 Å². The Labute approximate surface area is 110 Å². The van der Waals surface area contributed by atoms with Crippen molar-refractivity contribution < 1.29 is 9.90 Å². The number of hydrogen-bond acceptors (Lipinski definition) is 3. The molecule has 1 aromatic heterocycles. The Morgan fingerprint density at radius 3 is 2.83 bits per heavy atom. The third-order valence-electron chi connectivity index (χ3n) is 2.93. The van der Waals surface area contributed by atoms with E-state index in [-0.39, 0.29) is 11.5 Å². The highest BCUT2D eigenvalue weighted by molar-refractivity contribution is 6.35. The van der Waals surface area contributed by atoms with Gasteiger partial charge in [-0.05, 0) is 25.5 Å². The molecule has 0 unspecified atom stereocenters. The molecule has 0 saturated carbocycles. The smallest absolute Gasteiger partial charge is 0.163 e. The molecule has 4 heteroatoms. The maximum absolute atomic E-state index is 11.6. The number of aromatic nitrogens is 1.